The van der Waals surface area contributed by atoms with E-state index in [9.17, 15) is 0 Å². The van der Waals surface area contributed by atoms with Crippen LogP contribution in [0.5, 0.6) is 0 Å². The zero-order chi connectivity index (χ0) is 13.7. The Kier molecular flexibility index (Phi) is 5.91. The zero-order valence-electron chi connectivity index (χ0n) is 9.92. The molecule has 0 aromatic carbocycles. The summed E-state index contributed by atoms with van der Waals surface area (Å²) >= 11 is 11.7. The molecule has 0 bridgehead atoms. The molecule has 100 valence electrons. The highest BCUT2D eigenvalue weighted by Crippen LogP contribution is 2.39. The molecule has 19 heavy (non-hydrogen) atoms. The number of unbranched alkanes of at least 4 members (excludes halogenated alkanes) is 1. The van der Waals surface area contributed by atoms with Crippen molar-refractivity contribution in [1.29, 1.82) is 5.26 Å². The molecule has 0 N–H and O–H groups in total. The third kappa shape index (κ3) is 4.07. The van der Waals surface area contributed by atoms with Crippen molar-refractivity contribution >= 4 is 58.0 Å². The first-order chi connectivity index (χ1) is 9.24. The molecule has 0 unspecified atom stereocenters. The van der Waals surface area contributed by atoms with Crippen LogP contribution in [-0.2, 0) is 0 Å². The van der Waals surface area contributed by atoms with Crippen LogP contribution in [0, 0.1) is 11.3 Å². The number of aromatic nitrogens is 3. The molecule has 9 heteroatoms. The summed E-state index contributed by atoms with van der Waals surface area (Å²) in [6, 6.07) is 2.06. The Bertz CT molecular complexity index is 589. The first kappa shape index (κ1) is 15.1. The maximum atomic E-state index is 9.00. The van der Waals surface area contributed by atoms with Gasteiger partial charge < -0.3 is 0 Å². The SMILES string of the molecule is CCCCSc1nnc(Sc2snc(Cl)c2C#N)s1. The van der Waals surface area contributed by atoms with Crippen LogP contribution in [0.15, 0.2) is 12.9 Å². The monoisotopic (exact) mass is 348 g/mol. The largest absolute Gasteiger partial charge is 0.192 e. The Morgan fingerprint density at radius 1 is 1.37 bits per heavy atom. The maximum Gasteiger partial charge on any atom is 0.180 e. The lowest BCUT2D eigenvalue weighted by Gasteiger charge is -1.92. The summed E-state index contributed by atoms with van der Waals surface area (Å²) < 4.78 is 6.52. The Balaban J connectivity index is 2.01. The molecule has 0 saturated carbocycles. The van der Waals surface area contributed by atoms with Crippen molar-refractivity contribution < 1.29 is 0 Å². The van der Waals surface area contributed by atoms with E-state index in [1.54, 1.807) is 11.8 Å². The van der Waals surface area contributed by atoms with Crippen molar-refractivity contribution in [3.8, 4) is 6.07 Å². The predicted octanol–water partition coefficient (Wildman–Crippen LogP) is 4.56. The molecule has 0 saturated heterocycles. The summed E-state index contributed by atoms with van der Waals surface area (Å²) in [5.41, 5.74) is 0.423. The number of halogens is 1. The molecule has 0 spiro atoms. The summed E-state index contributed by atoms with van der Waals surface area (Å²) in [6.07, 6.45) is 2.36. The summed E-state index contributed by atoms with van der Waals surface area (Å²) in [4.78, 5) is 0. The number of nitriles is 1. The molecule has 2 rings (SSSR count). The summed E-state index contributed by atoms with van der Waals surface area (Å²) in [5.74, 6) is 1.06. The van der Waals surface area contributed by atoms with Crippen LogP contribution >= 0.6 is 58.0 Å². The standard InChI is InChI=1S/C10H9ClN4S4/c1-2-3-4-16-9-13-14-10(18-9)17-8-6(5-12)7(11)15-19-8/h2-4H2,1H3. The van der Waals surface area contributed by atoms with Crippen LogP contribution in [-0.4, -0.2) is 20.3 Å². The normalized spacial score (nSPS) is 10.6. The number of hydrogen-bond acceptors (Lipinski definition) is 8. The fraction of sp³-hybridized carbons (Fsp3) is 0.400. The van der Waals surface area contributed by atoms with E-state index >= 15 is 0 Å². The van der Waals surface area contributed by atoms with Gasteiger partial charge in [0.1, 0.15) is 15.8 Å². The zero-order valence-corrected chi connectivity index (χ0v) is 13.9. The van der Waals surface area contributed by atoms with E-state index in [0.717, 1.165) is 18.6 Å². The Morgan fingerprint density at radius 2 is 2.16 bits per heavy atom. The van der Waals surface area contributed by atoms with Crippen LogP contribution in [0.4, 0.5) is 0 Å². The molecule has 0 aliphatic carbocycles. The average molecular weight is 349 g/mol. The molecule has 0 aliphatic heterocycles. The van der Waals surface area contributed by atoms with Crippen molar-refractivity contribution in [3.05, 3.63) is 10.7 Å². The van der Waals surface area contributed by atoms with Crippen molar-refractivity contribution in [3.63, 3.8) is 0 Å². The van der Waals surface area contributed by atoms with Gasteiger partial charge in [-0.2, -0.15) is 9.64 Å². The topological polar surface area (TPSA) is 62.5 Å². The molecular weight excluding hydrogens is 340 g/mol. The van der Waals surface area contributed by atoms with E-state index in [4.69, 9.17) is 16.9 Å². The van der Waals surface area contributed by atoms with Gasteiger partial charge in [0.2, 0.25) is 0 Å². The third-order valence-electron chi connectivity index (χ3n) is 2.02. The molecule has 0 amide bonds. The predicted molar refractivity (Wildman–Crippen MR) is 81.5 cm³/mol. The minimum atomic E-state index is 0.261. The Labute approximate surface area is 132 Å². The van der Waals surface area contributed by atoms with E-state index in [-0.39, 0.29) is 5.15 Å². The third-order valence-corrected chi connectivity index (χ3v) is 6.60. The van der Waals surface area contributed by atoms with E-state index in [1.165, 1.54) is 47.5 Å². The molecule has 4 nitrogen and oxygen atoms in total. The van der Waals surface area contributed by atoms with Gasteiger partial charge in [0, 0.05) is 5.75 Å². The number of hydrogen-bond donors (Lipinski definition) is 0. The van der Waals surface area contributed by atoms with Gasteiger partial charge in [0.15, 0.2) is 13.8 Å². The second-order valence-corrected chi connectivity index (χ2v) is 8.35. The van der Waals surface area contributed by atoms with Gasteiger partial charge in [-0.3, -0.25) is 0 Å². The van der Waals surface area contributed by atoms with E-state index < -0.39 is 0 Å². The van der Waals surface area contributed by atoms with Gasteiger partial charge in [-0.05, 0) is 29.7 Å². The lowest BCUT2D eigenvalue weighted by Crippen LogP contribution is -1.77. The van der Waals surface area contributed by atoms with Crippen molar-refractivity contribution in [1.82, 2.24) is 14.6 Å². The maximum absolute atomic E-state index is 9.00. The minimum absolute atomic E-state index is 0.261. The molecule has 2 aromatic rings. The van der Waals surface area contributed by atoms with Crippen molar-refractivity contribution in [2.45, 2.75) is 32.7 Å². The highest BCUT2D eigenvalue weighted by Gasteiger charge is 2.15. The first-order valence-electron chi connectivity index (χ1n) is 5.44. The quantitative estimate of drug-likeness (QED) is 0.563. The number of nitrogens with zero attached hydrogens (tertiary/aromatic N) is 4. The molecular formula is C10H9ClN4S4. The second-order valence-electron chi connectivity index (χ2n) is 3.39. The molecule has 2 heterocycles. The summed E-state index contributed by atoms with van der Waals surface area (Å²) in [7, 11) is 0. The average Bonchev–Trinajstić information content (AvgIpc) is 2.98. The van der Waals surface area contributed by atoms with Gasteiger partial charge in [0.25, 0.3) is 0 Å². The Morgan fingerprint density at radius 3 is 2.89 bits per heavy atom. The summed E-state index contributed by atoms with van der Waals surface area (Å²) in [6.45, 7) is 2.17. The first-order valence-corrected chi connectivity index (χ1v) is 9.21. The minimum Gasteiger partial charge on any atom is -0.192 e. The van der Waals surface area contributed by atoms with E-state index in [2.05, 4.69) is 27.6 Å². The van der Waals surface area contributed by atoms with Gasteiger partial charge in [-0.15, -0.1) is 10.2 Å². The van der Waals surface area contributed by atoms with Gasteiger partial charge in [0.05, 0.1) is 0 Å². The highest BCUT2D eigenvalue weighted by atomic mass is 35.5. The molecule has 2 aromatic heterocycles. The highest BCUT2D eigenvalue weighted by molar-refractivity contribution is 8.04. The lowest BCUT2D eigenvalue weighted by molar-refractivity contribution is 0.892. The lowest BCUT2D eigenvalue weighted by atomic mass is 10.4. The molecule has 0 aliphatic rings. The fourth-order valence-electron chi connectivity index (χ4n) is 1.10. The smallest absolute Gasteiger partial charge is 0.180 e. The second kappa shape index (κ2) is 7.45. The van der Waals surface area contributed by atoms with Crippen LogP contribution in [0.3, 0.4) is 0 Å². The Hall–Kier alpha value is -0.330. The van der Waals surface area contributed by atoms with Gasteiger partial charge in [-0.25, -0.2) is 0 Å². The van der Waals surface area contributed by atoms with Crippen molar-refractivity contribution in [2.24, 2.45) is 0 Å². The van der Waals surface area contributed by atoms with Crippen molar-refractivity contribution in [2.75, 3.05) is 5.75 Å². The van der Waals surface area contributed by atoms with Crippen LogP contribution in [0.25, 0.3) is 0 Å². The fourth-order valence-corrected chi connectivity index (χ4v) is 5.63. The van der Waals surface area contributed by atoms with E-state index in [1.807, 2.05) is 0 Å². The van der Waals surface area contributed by atoms with E-state index in [0.29, 0.717) is 5.56 Å². The number of rotatable bonds is 6. The van der Waals surface area contributed by atoms with Gasteiger partial charge in [-0.1, -0.05) is 48.0 Å². The van der Waals surface area contributed by atoms with Crippen LogP contribution in [0.2, 0.25) is 5.15 Å². The van der Waals surface area contributed by atoms with Crippen LogP contribution < -0.4 is 0 Å². The number of thioether (sulfide) groups is 1. The molecule has 0 fully saturated rings. The molecule has 0 atom stereocenters. The molecule has 0 radical (unpaired) electrons. The van der Waals surface area contributed by atoms with Gasteiger partial charge >= 0.3 is 0 Å². The summed E-state index contributed by atoms with van der Waals surface area (Å²) in [5, 5.41) is 17.5. The van der Waals surface area contributed by atoms with Crippen LogP contribution in [0.1, 0.15) is 25.3 Å².